The van der Waals surface area contributed by atoms with Gasteiger partial charge in [-0.1, -0.05) is 20.3 Å². The van der Waals surface area contributed by atoms with Crippen LogP contribution in [0.2, 0.25) is 0 Å². The van der Waals surface area contributed by atoms with Crippen molar-refractivity contribution in [1.29, 1.82) is 0 Å². The van der Waals surface area contributed by atoms with Crippen LogP contribution in [0.3, 0.4) is 0 Å². The first kappa shape index (κ1) is 26.4. The highest BCUT2D eigenvalue weighted by Gasteiger charge is 2.40. The maximum atomic E-state index is 13.6. The molecule has 0 spiro atoms. The van der Waals surface area contributed by atoms with Crippen molar-refractivity contribution in [3.05, 3.63) is 41.2 Å². The summed E-state index contributed by atoms with van der Waals surface area (Å²) in [5.41, 5.74) is -0.135. The Labute approximate surface area is 192 Å². The maximum Gasteiger partial charge on any atom is 0.433 e. The number of hydrogen-bond donors (Lipinski definition) is 1. The monoisotopic (exact) mass is 469 g/mol. The molecule has 10 heteroatoms. The predicted octanol–water partition coefficient (Wildman–Crippen LogP) is 4.03. The summed E-state index contributed by atoms with van der Waals surface area (Å²) in [6.45, 7) is 4.51. The molecule has 0 unspecified atom stereocenters. The summed E-state index contributed by atoms with van der Waals surface area (Å²) in [5, 5.41) is 17.5. The third-order valence-electron chi connectivity index (χ3n) is 4.90. The number of aliphatic imine (C=N–C) groups is 1. The van der Waals surface area contributed by atoms with Gasteiger partial charge < -0.3 is 19.8 Å². The normalized spacial score (nSPS) is 12.2. The molecule has 33 heavy (non-hydrogen) atoms. The van der Waals surface area contributed by atoms with E-state index in [0.717, 1.165) is 0 Å². The number of nitrogens with zero attached hydrogens (tertiary/aromatic N) is 4. The molecular weight excluding hydrogens is 437 g/mol. The molecule has 7 nitrogen and oxygen atoms in total. The van der Waals surface area contributed by atoms with Crippen molar-refractivity contribution in [2.45, 2.75) is 52.3 Å². The van der Waals surface area contributed by atoms with Gasteiger partial charge in [-0.05, 0) is 31.4 Å². The first-order valence-corrected chi connectivity index (χ1v) is 11.0. The highest BCUT2D eigenvalue weighted by Crippen LogP contribution is 2.36. The molecule has 0 saturated heterocycles. The van der Waals surface area contributed by atoms with E-state index in [4.69, 9.17) is 14.9 Å². The lowest BCUT2D eigenvalue weighted by Gasteiger charge is -2.18. The van der Waals surface area contributed by atoms with Crippen molar-refractivity contribution in [1.82, 2.24) is 9.97 Å². The number of ether oxygens (including phenoxy) is 1. The number of alkyl halides is 3. The van der Waals surface area contributed by atoms with E-state index in [1.807, 2.05) is 18.9 Å². The van der Waals surface area contributed by atoms with Crippen molar-refractivity contribution < 1.29 is 28.1 Å². The predicted molar refractivity (Wildman–Crippen MR) is 123 cm³/mol. The Hall–Kier alpha value is -2.88. The van der Waals surface area contributed by atoms with Crippen LogP contribution < -0.4 is 9.64 Å². The van der Waals surface area contributed by atoms with Crippen molar-refractivity contribution in [3.63, 3.8) is 0 Å². The summed E-state index contributed by atoms with van der Waals surface area (Å²) >= 11 is 0. The fourth-order valence-corrected chi connectivity index (χ4v) is 3.22. The van der Waals surface area contributed by atoms with Crippen molar-refractivity contribution in [3.8, 4) is 11.5 Å². The molecule has 0 bridgehead atoms. The minimum absolute atomic E-state index is 0.0512. The van der Waals surface area contributed by atoms with Crippen LogP contribution in [0.1, 0.15) is 49.8 Å². The molecule has 0 amide bonds. The Morgan fingerprint density at radius 1 is 1.18 bits per heavy atom. The van der Waals surface area contributed by atoms with Crippen LogP contribution in [0.5, 0.6) is 11.5 Å². The summed E-state index contributed by atoms with van der Waals surface area (Å²) in [5.74, 6) is 0.757. The quantitative estimate of drug-likeness (QED) is 0.288. The largest absolute Gasteiger partial charge is 0.593 e. The van der Waals surface area contributed by atoms with Crippen LogP contribution in [-0.4, -0.2) is 58.8 Å². The van der Waals surface area contributed by atoms with E-state index in [0.29, 0.717) is 61.7 Å². The third kappa shape index (κ3) is 7.31. The van der Waals surface area contributed by atoms with E-state index >= 15 is 0 Å². The molecule has 0 saturated carbocycles. The van der Waals surface area contributed by atoms with Crippen LogP contribution in [0.4, 0.5) is 19.1 Å². The van der Waals surface area contributed by atoms with E-state index in [9.17, 15) is 13.2 Å². The van der Waals surface area contributed by atoms with Crippen LogP contribution >= 0.6 is 0 Å². The van der Waals surface area contributed by atoms with E-state index < -0.39 is 11.9 Å². The Balaban J connectivity index is 2.11. The van der Waals surface area contributed by atoms with Gasteiger partial charge in [0.1, 0.15) is 11.3 Å². The smallest absolute Gasteiger partial charge is 0.433 e. The lowest BCUT2D eigenvalue weighted by atomic mass is 10.00. The fraction of sp³-hybridized carbons (Fsp3) is 0.522. The fourth-order valence-electron chi connectivity index (χ4n) is 3.22. The molecule has 0 radical (unpaired) electrons. The van der Waals surface area contributed by atoms with Crippen molar-refractivity contribution in [2.75, 3.05) is 31.6 Å². The molecule has 0 aliphatic heterocycles. The molecule has 0 aliphatic carbocycles. The zero-order chi connectivity index (χ0) is 24.4. The summed E-state index contributed by atoms with van der Waals surface area (Å²) in [6, 6.07) is 2.79. The molecule has 1 heterocycles. The highest BCUT2D eigenvalue weighted by atomic mass is 19.4. The average molecular weight is 470 g/mol. The molecule has 2 aromatic rings. The number of benzene rings is 1. The van der Waals surface area contributed by atoms with Crippen LogP contribution in [0, 0.1) is 0 Å². The lowest BCUT2D eigenvalue weighted by molar-refractivity contribution is -0.0583. The highest BCUT2D eigenvalue weighted by molar-refractivity contribution is 6.07. The van der Waals surface area contributed by atoms with Gasteiger partial charge in [-0.3, -0.25) is 4.99 Å². The van der Waals surface area contributed by atoms with Gasteiger partial charge in [-0.2, -0.15) is 13.2 Å². The molecule has 1 aromatic heterocycles. The number of aliphatic hydroxyl groups excluding tert-OH is 1. The second-order valence-corrected chi connectivity index (χ2v) is 7.62. The molecule has 1 aromatic carbocycles. The van der Waals surface area contributed by atoms with Gasteiger partial charge in [-0.25, -0.2) is 9.97 Å². The molecule has 0 atom stereocenters. The SMILES string of the molecule is CCCN=C(c1ccc(OCCCN(C)c2ncc(CO)cn2)c(CCC)c1[OH2+])C(F)(F)F. The van der Waals surface area contributed by atoms with E-state index in [-0.39, 0.29) is 24.5 Å². The molecule has 3 N–H and O–H groups in total. The molecular formula is C23H32F3N4O3+. The second-order valence-electron chi connectivity index (χ2n) is 7.62. The van der Waals surface area contributed by atoms with Gasteiger partial charge in [0.15, 0.2) is 5.71 Å². The Bertz CT molecular complexity index is 918. The summed E-state index contributed by atoms with van der Waals surface area (Å²) in [4.78, 5) is 13.9. The van der Waals surface area contributed by atoms with Crippen LogP contribution in [0.25, 0.3) is 0 Å². The van der Waals surface area contributed by atoms with Gasteiger partial charge in [0, 0.05) is 38.1 Å². The number of aliphatic hydroxyl groups is 1. The first-order valence-electron chi connectivity index (χ1n) is 11.0. The minimum atomic E-state index is -4.63. The number of halogens is 3. The number of rotatable bonds is 12. The van der Waals surface area contributed by atoms with Crippen LogP contribution in [0.15, 0.2) is 29.5 Å². The van der Waals surface area contributed by atoms with Crippen molar-refractivity contribution >= 4 is 11.7 Å². The van der Waals surface area contributed by atoms with E-state index in [2.05, 4.69) is 15.0 Å². The Morgan fingerprint density at radius 2 is 1.88 bits per heavy atom. The molecule has 182 valence electrons. The number of hydrogen-bond acceptors (Lipinski definition) is 6. The second kappa shape index (κ2) is 12.4. The summed E-state index contributed by atoms with van der Waals surface area (Å²) < 4.78 is 46.5. The van der Waals surface area contributed by atoms with Gasteiger partial charge in [0.25, 0.3) is 5.75 Å². The van der Waals surface area contributed by atoms with Crippen LogP contribution in [-0.2, 0) is 13.0 Å². The average Bonchev–Trinajstić information content (AvgIpc) is 2.79. The summed E-state index contributed by atoms with van der Waals surface area (Å²) in [6.07, 6.45) is 0.703. The molecule has 2 rings (SSSR count). The zero-order valence-electron chi connectivity index (χ0n) is 19.2. The maximum absolute atomic E-state index is 13.6. The molecule has 0 fully saturated rings. The standard InChI is InChI=1S/C23H31F3N4O3/c1-4-7-17-19(9-8-18(20(17)32)21(23(24,25)26)27-10-5-2)33-12-6-11-30(3)22-28-13-16(15-31)14-29-22/h8-9,13-14,31-32H,4-7,10-12,15H2,1-3H3/p+1. The number of anilines is 1. The first-order chi connectivity index (χ1) is 15.7. The van der Waals surface area contributed by atoms with Crippen molar-refractivity contribution in [2.24, 2.45) is 4.99 Å². The zero-order valence-corrected chi connectivity index (χ0v) is 19.2. The third-order valence-corrected chi connectivity index (χ3v) is 4.90. The van der Waals surface area contributed by atoms with Gasteiger partial charge >= 0.3 is 6.18 Å². The summed E-state index contributed by atoms with van der Waals surface area (Å²) in [7, 11) is 1.83. The number of aromatic nitrogens is 2. The van der Waals surface area contributed by atoms with Gasteiger partial charge in [0.05, 0.1) is 18.8 Å². The van der Waals surface area contributed by atoms with Gasteiger partial charge in [0.2, 0.25) is 5.95 Å². The lowest BCUT2D eigenvalue weighted by Crippen LogP contribution is -2.25. The minimum Gasteiger partial charge on any atom is -0.593 e. The Morgan fingerprint density at radius 3 is 2.45 bits per heavy atom. The van der Waals surface area contributed by atoms with E-state index in [1.165, 1.54) is 12.1 Å². The van der Waals surface area contributed by atoms with E-state index in [1.54, 1.807) is 19.3 Å². The topological polar surface area (TPSA) is 93.7 Å². The Kier molecular flexibility index (Phi) is 9.90. The van der Waals surface area contributed by atoms with Gasteiger partial charge in [-0.15, -0.1) is 0 Å². The molecule has 0 aliphatic rings.